The lowest BCUT2D eigenvalue weighted by atomic mass is 9.47. The molecule has 0 radical (unpaired) electrons. The number of aliphatic hydroxyl groups is 1. The number of allylic oxidation sites excluding steroid dienone is 1. The molecule has 0 aromatic rings. The smallest absolute Gasteiger partial charge is 0.309 e. The highest BCUT2D eigenvalue weighted by Gasteiger charge is 2.59. The third-order valence-electron chi connectivity index (χ3n) is 11.2. The molecule has 0 saturated heterocycles. The lowest BCUT2D eigenvalue weighted by molar-refractivity contribution is -0.150. The van der Waals surface area contributed by atoms with Crippen molar-refractivity contribution in [2.45, 2.75) is 112 Å². The van der Waals surface area contributed by atoms with Crippen molar-refractivity contribution in [3.8, 4) is 0 Å². The van der Waals surface area contributed by atoms with Crippen LogP contribution in [0.3, 0.4) is 0 Å². The molecule has 0 aromatic heterocycles. The summed E-state index contributed by atoms with van der Waals surface area (Å²) in [7, 11) is 0. The molecule has 0 spiro atoms. The molecular weight excluding hydrogens is 408 g/mol. The minimum atomic E-state index is -0.115. The molecule has 1 unspecified atom stereocenters. The van der Waals surface area contributed by atoms with Crippen LogP contribution in [-0.4, -0.2) is 23.8 Å². The normalized spacial score (nSPS) is 42.1. The number of carbonyl (C=O) groups is 1. The van der Waals surface area contributed by atoms with Crippen molar-refractivity contribution in [3.63, 3.8) is 0 Å². The van der Waals surface area contributed by atoms with Gasteiger partial charge in [0.1, 0.15) is 0 Å². The third-order valence-corrected chi connectivity index (χ3v) is 11.2. The summed E-state index contributed by atoms with van der Waals surface area (Å²) in [6, 6.07) is 0. The van der Waals surface area contributed by atoms with Crippen LogP contribution in [0.15, 0.2) is 11.6 Å². The van der Waals surface area contributed by atoms with Gasteiger partial charge in [-0.25, -0.2) is 0 Å². The van der Waals surface area contributed by atoms with Gasteiger partial charge in [-0.05, 0) is 117 Å². The summed E-state index contributed by atoms with van der Waals surface area (Å²) in [5.74, 6) is 4.32. The first-order chi connectivity index (χ1) is 15.6. The first-order valence-corrected chi connectivity index (χ1v) is 14.2. The van der Waals surface area contributed by atoms with E-state index in [9.17, 15) is 9.90 Å². The summed E-state index contributed by atoms with van der Waals surface area (Å²) in [5, 5.41) is 10.3. The molecular formula is C30H50O3. The van der Waals surface area contributed by atoms with E-state index in [0.717, 1.165) is 49.4 Å². The first kappa shape index (κ1) is 25.3. The van der Waals surface area contributed by atoms with Crippen molar-refractivity contribution >= 4 is 5.97 Å². The maximum absolute atomic E-state index is 12.5. The maximum atomic E-state index is 12.5. The molecule has 4 rings (SSSR count). The van der Waals surface area contributed by atoms with E-state index in [1.807, 2.05) is 6.92 Å². The second-order valence-electron chi connectivity index (χ2n) is 13.0. The molecule has 4 aliphatic carbocycles. The van der Waals surface area contributed by atoms with E-state index in [1.165, 1.54) is 38.5 Å². The van der Waals surface area contributed by atoms with Crippen LogP contribution in [-0.2, 0) is 9.53 Å². The highest BCUT2D eigenvalue weighted by atomic mass is 16.5. The van der Waals surface area contributed by atoms with E-state index in [4.69, 9.17) is 4.74 Å². The van der Waals surface area contributed by atoms with Crippen LogP contribution in [0.2, 0.25) is 0 Å². The van der Waals surface area contributed by atoms with E-state index in [1.54, 1.807) is 5.57 Å². The summed E-state index contributed by atoms with van der Waals surface area (Å²) in [6.45, 7) is 14.3. The van der Waals surface area contributed by atoms with Gasteiger partial charge < -0.3 is 9.84 Å². The van der Waals surface area contributed by atoms with Crippen molar-refractivity contribution in [2.75, 3.05) is 6.61 Å². The average Bonchev–Trinajstić information content (AvgIpc) is 3.11. The third kappa shape index (κ3) is 4.45. The molecule has 3 heteroatoms. The zero-order valence-corrected chi connectivity index (χ0v) is 22.2. The standard InChI is InChI=1S/C30H50O3/c1-7-33-28(32)23(19(2)3)10-8-20(4)25-12-13-26-24-11-9-21-18-22(31)14-16-29(21,5)27(24)15-17-30(25,26)6/h9,19-20,22-27,31H,7-8,10-18H2,1-6H3/t20-,22+,23?,24+,25-,26+,27+,29+,30-/m1/s1. The number of rotatable bonds is 7. The fourth-order valence-corrected chi connectivity index (χ4v) is 9.23. The van der Waals surface area contributed by atoms with Gasteiger partial charge in [0.2, 0.25) is 0 Å². The molecule has 0 aromatic carbocycles. The molecule has 188 valence electrons. The number of hydrogen-bond acceptors (Lipinski definition) is 3. The Balaban J connectivity index is 1.45. The van der Waals surface area contributed by atoms with Gasteiger partial charge in [-0.2, -0.15) is 0 Å². The highest BCUT2D eigenvalue weighted by Crippen LogP contribution is 2.67. The number of aliphatic hydroxyl groups excluding tert-OH is 1. The topological polar surface area (TPSA) is 46.5 Å². The molecule has 3 fully saturated rings. The molecule has 9 atom stereocenters. The number of fused-ring (bicyclic) bond motifs is 5. The molecule has 0 heterocycles. The summed E-state index contributed by atoms with van der Waals surface area (Å²) in [6.07, 6.45) is 14.3. The van der Waals surface area contributed by atoms with Crippen LogP contribution in [0.5, 0.6) is 0 Å². The lowest BCUT2D eigenvalue weighted by Gasteiger charge is -2.58. The van der Waals surface area contributed by atoms with Gasteiger partial charge >= 0.3 is 5.97 Å². The van der Waals surface area contributed by atoms with Crippen LogP contribution in [0.25, 0.3) is 0 Å². The van der Waals surface area contributed by atoms with Crippen molar-refractivity contribution in [3.05, 3.63) is 11.6 Å². The quantitative estimate of drug-likeness (QED) is 0.325. The zero-order chi connectivity index (χ0) is 24.0. The van der Waals surface area contributed by atoms with Crippen molar-refractivity contribution in [1.82, 2.24) is 0 Å². The fourth-order valence-electron chi connectivity index (χ4n) is 9.23. The predicted molar refractivity (Wildman–Crippen MR) is 135 cm³/mol. The Bertz CT molecular complexity index is 741. The van der Waals surface area contributed by atoms with Crippen LogP contribution < -0.4 is 0 Å². The van der Waals surface area contributed by atoms with Gasteiger partial charge in [0.05, 0.1) is 18.6 Å². The Hall–Kier alpha value is -0.830. The predicted octanol–water partition coefficient (Wildman–Crippen LogP) is 7.18. The molecule has 33 heavy (non-hydrogen) atoms. The SMILES string of the molecule is CCOC(=O)C(CC[C@@H](C)[C@H]1CC[C@H]2[C@@H]3CC=C4C[C@@H](O)CC[C@]4(C)[C@H]3CC[C@]12C)C(C)C. The van der Waals surface area contributed by atoms with Crippen molar-refractivity contribution < 1.29 is 14.6 Å². The molecule has 1 N–H and O–H groups in total. The van der Waals surface area contributed by atoms with Crippen LogP contribution >= 0.6 is 0 Å². The monoisotopic (exact) mass is 458 g/mol. The van der Waals surface area contributed by atoms with E-state index in [2.05, 4.69) is 40.7 Å². The molecule has 0 amide bonds. The largest absolute Gasteiger partial charge is 0.466 e. The fraction of sp³-hybridized carbons (Fsp3) is 0.900. The Morgan fingerprint density at radius 3 is 2.55 bits per heavy atom. The highest BCUT2D eigenvalue weighted by molar-refractivity contribution is 5.72. The summed E-state index contributed by atoms with van der Waals surface area (Å²) < 4.78 is 5.39. The zero-order valence-electron chi connectivity index (χ0n) is 22.2. The lowest BCUT2D eigenvalue weighted by Crippen LogP contribution is -2.50. The van der Waals surface area contributed by atoms with E-state index >= 15 is 0 Å². The molecule has 3 nitrogen and oxygen atoms in total. The summed E-state index contributed by atoms with van der Waals surface area (Å²) >= 11 is 0. The van der Waals surface area contributed by atoms with Gasteiger partial charge in [0, 0.05) is 0 Å². The number of carbonyl (C=O) groups excluding carboxylic acids is 1. The Labute approximate surface area is 203 Å². The van der Waals surface area contributed by atoms with Crippen molar-refractivity contribution in [1.29, 1.82) is 0 Å². The summed E-state index contributed by atoms with van der Waals surface area (Å²) in [5.41, 5.74) is 2.36. The van der Waals surface area contributed by atoms with Crippen molar-refractivity contribution in [2.24, 2.45) is 52.3 Å². The minimum absolute atomic E-state index is 0.00589. The number of hydrogen-bond donors (Lipinski definition) is 1. The Kier molecular flexibility index (Phi) is 7.40. The minimum Gasteiger partial charge on any atom is -0.466 e. The van der Waals surface area contributed by atoms with Gasteiger partial charge in [-0.1, -0.05) is 46.3 Å². The van der Waals surface area contributed by atoms with Crippen LogP contribution in [0, 0.1) is 52.3 Å². The Morgan fingerprint density at radius 2 is 1.85 bits per heavy atom. The first-order valence-electron chi connectivity index (χ1n) is 14.2. The summed E-state index contributed by atoms with van der Waals surface area (Å²) in [4.78, 5) is 12.5. The van der Waals surface area contributed by atoms with Gasteiger partial charge in [0.25, 0.3) is 0 Å². The van der Waals surface area contributed by atoms with Crippen LogP contribution in [0.4, 0.5) is 0 Å². The molecule has 4 aliphatic rings. The van der Waals surface area contributed by atoms with Gasteiger partial charge in [0.15, 0.2) is 0 Å². The van der Waals surface area contributed by atoms with E-state index in [-0.39, 0.29) is 18.0 Å². The second-order valence-corrected chi connectivity index (χ2v) is 13.0. The second kappa shape index (κ2) is 9.67. The Morgan fingerprint density at radius 1 is 1.09 bits per heavy atom. The van der Waals surface area contributed by atoms with E-state index < -0.39 is 0 Å². The molecule has 0 bridgehead atoms. The van der Waals surface area contributed by atoms with Gasteiger partial charge in [-0.15, -0.1) is 0 Å². The average molecular weight is 459 g/mol. The van der Waals surface area contributed by atoms with Crippen LogP contribution in [0.1, 0.15) is 106 Å². The molecule has 3 saturated carbocycles. The number of ether oxygens (including phenoxy) is 1. The van der Waals surface area contributed by atoms with E-state index in [0.29, 0.717) is 29.3 Å². The molecule has 0 aliphatic heterocycles. The number of esters is 1. The van der Waals surface area contributed by atoms with Gasteiger partial charge in [-0.3, -0.25) is 4.79 Å². The maximum Gasteiger partial charge on any atom is 0.309 e.